The van der Waals surface area contributed by atoms with Gasteiger partial charge in [0.15, 0.2) is 6.23 Å². The number of ether oxygens (including phenoxy) is 3. The van der Waals surface area contributed by atoms with Crippen LogP contribution in [0.25, 0.3) is 0 Å². The molecule has 1 saturated carbocycles. The molecular formula is C20H27NO5. The maximum absolute atomic E-state index is 12.6. The van der Waals surface area contributed by atoms with Gasteiger partial charge in [-0.2, -0.15) is 0 Å². The van der Waals surface area contributed by atoms with Crippen molar-refractivity contribution in [3.05, 3.63) is 35.9 Å². The number of nitrogens with zero attached hydrogens (tertiary/aromatic N) is 1. The zero-order valence-electron chi connectivity index (χ0n) is 15.6. The lowest BCUT2D eigenvalue weighted by atomic mass is 10.0. The molecule has 0 radical (unpaired) electrons. The van der Waals surface area contributed by atoms with Crippen LogP contribution in [0.2, 0.25) is 0 Å². The third-order valence-electron chi connectivity index (χ3n) is 4.83. The van der Waals surface area contributed by atoms with Crippen LogP contribution in [0.3, 0.4) is 0 Å². The molecule has 142 valence electrons. The molecule has 6 nitrogen and oxygen atoms in total. The molecule has 0 aromatic heterocycles. The second-order valence-corrected chi connectivity index (χ2v) is 7.98. The van der Waals surface area contributed by atoms with Crippen molar-refractivity contribution in [2.24, 2.45) is 5.92 Å². The SMILES string of the molecule is CC(C)(C)OC(=O)N1[C@@H](OC(=O)OCc2ccccc2)C[C@@H]2CCC[C@@H]21. The van der Waals surface area contributed by atoms with Crippen LogP contribution in [0, 0.1) is 5.92 Å². The summed E-state index contributed by atoms with van der Waals surface area (Å²) in [6.07, 6.45) is 1.89. The first-order chi connectivity index (χ1) is 12.3. The fourth-order valence-electron chi connectivity index (χ4n) is 3.78. The van der Waals surface area contributed by atoms with Crippen molar-refractivity contribution in [1.29, 1.82) is 0 Å². The molecule has 0 unspecified atom stereocenters. The number of rotatable bonds is 3. The topological polar surface area (TPSA) is 65.1 Å². The second kappa shape index (κ2) is 7.56. The van der Waals surface area contributed by atoms with E-state index >= 15 is 0 Å². The van der Waals surface area contributed by atoms with Crippen LogP contribution in [0.4, 0.5) is 9.59 Å². The van der Waals surface area contributed by atoms with Crippen molar-refractivity contribution < 1.29 is 23.8 Å². The van der Waals surface area contributed by atoms with Crippen molar-refractivity contribution in [1.82, 2.24) is 4.90 Å². The van der Waals surface area contributed by atoms with Gasteiger partial charge in [-0.3, -0.25) is 4.90 Å². The molecule has 1 aliphatic carbocycles. The van der Waals surface area contributed by atoms with Gasteiger partial charge in [0.25, 0.3) is 0 Å². The normalized spacial score (nSPS) is 24.9. The van der Waals surface area contributed by atoms with Gasteiger partial charge in [0, 0.05) is 12.5 Å². The Balaban J connectivity index is 1.61. The second-order valence-electron chi connectivity index (χ2n) is 7.98. The highest BCUT2D eigenvalue weighted by atomic mass is 16.7. The first-order valence-corrected chi connectivity index (χ1v) is 9.22. The lowest BCUT2D eigenvalue weighted by Gasteiger charge is -2.31. The quantitative estimate of drug-likeness (QED) is 0.743. The van der Waals surface area contributed by atoms with E-state index in [9.17, 15) is 9.59 Å². The third kappa shape index (κ3) is 4.48. The zero-order chi connectivity index (χ0) is 18.7. The molecule has 1 heterocycles. The first kappa shape index (κ1) is 18.5. The highest BCUT2D eigenvalue weighted by molar-refractivity contribution is 5.70. The van der Waals surface area contributed by atoms with E-state index in [1.165, 1.54) is 0 Å². The number of carbonyl (C=O) groups excluding carboxylic acids is 2. The Hall–Kier alpha value is -2.24. The molecule has 0 N–H and O–H groups in total. The van der Waals surface area contributed by atoms with Crippen LogP contribution in [-0.2, 0) is 20.8 Å². The summed E-state index contributed by atoms with van der Waals surface area (Å²) in [6.45, 7) is 5.64. The van der Waals surface area contributed by atoms with Gasteiger partial charge in [0.2, 0.25) is 0 Å². The predicted molar refractivity (Wildman–Crippen MR) is 95.3 cm³/mol. The number of benzene rings is 1. The molecule has 26 heavy (non-hydrogen) atoms. The van der Waals surface area contributed by atoms with Crippen molar-refractivity contribution >= 4 is 12.2 Å². The highest BCUT2D eigenvalue weighted by Crippen LogP contribution is 2.42. The van der Waals surface area contributed by atoms with E-state index in [1.807, 2.05) is 51.1 Å². The van der Waals surface area contributed by atoms with Crippen LogP contribution in [-0.4, -0.2) is 35.0 Å². The number of likely N-dealkylation sites (tertiary alicyclic amines) is 1. The summed E-state index contributed by atoms with van der Waals surface area (Å²) in [5.74, 6) is 0.356. The van der Waals surface area contributed by atoms with E-state index in [0.717, 1.165) is 24.8 Å². The summed E-state index contributed by atoms with van der Waals surface area (Å²) in [5, 5.41) is 0. The lowest BCUT2D eigenvalue weighted by molar-refractivity contribution is -0.0523. The van der Waals surface area contributed by atoms with Gasteiger partial charge >= 0.3 is 12.2 Å². The number of fused-ring (bicyclic) bond motifs is 1. The van der Waals surface area contributed by atoms with Crippen molar-refractivity contribution in [3.8, 4) is 0 Å². The molecular weight excluding hydrogens is 334 g/mol. The molecule has 1 saturated heterocycles. The average Bonchev–Trinajstić information content (AvgIpc) is 3.12. The third-order valence-corrected chi connectivity index (χ3v) is 4.83. The molecule has 6 heteroatoms. The summed E-state index contributed by atoms with van der Waals surface area (Å²) in [7, 11) is 0. The molecule has 2 fully saturated rings. The zero-order valence-corrected chi connectivity index (χ0v) is 15.6. The largest absolute Gasteiger partial charge is 0.510 e. The summed E-state index contributed by atoms with van der Waals surface area (Å²) < 4.78 is 16.2. The number of hydrogen-bond donors (Lipinski definition) is 0. The molecule has 0 spiro atoms. The molecule has 3 atom stereocenters. The summed E-state index contributed by atoms with van der Waals surface area (Å²) >= 11 is 0. The molecule has 3 rings (SSSR count). The van der Waals surface area contributed by atoms with Crippen molar-refractivity contribution in [3.63, 3.8) is 0 Å². The smallest absolute Gasteiger partial charge is 0.444 e. The Morgan fingerprint density at radius 1 is 1.15 bits per heavy atom. The molecule has 1 amide bonds. The lowest BCUT2D eigenvalue weighted by Crippen LogP contribution is -2.45. The van der Waals surface area contributed by atoms with Gasteiger partial charge < -0.3 is 14.2 Å². The molecule has 1 aromatic rings. The van der Waals surface area contributed by atoms with Crippen molar-refractivity contribution in [2.45, 2.75) is 70.9 Å². The Morgan fingerprint density at radius 2 is 1.88 bits per heavy atom. The minimum atomic E-state index is -0.757. The highest BCUT2D eigenvalue weighted by Gasteiger charge is 2.49. The van der Waals surface area contributed by atoms with E-state index in [4.69, 9.17) is 14.2 Å². The monoisotopic (exact) mass is 361 g/mol. The minimum Gasteiger partial charge on any atom is -0.444 e. The average molecular weight is 361 g/mol. The Labute approximate surface area is 154 Å². The minimum absolute atomic E-state index is 0.0803. The van der Waals surface area contributed by atoms with E-state index in [-0.39, 0.29) is 12.6 Å². The van der Waals surface area contributed by atoms with E-state index in [2.05, 4.69) is 0 Å². The molecule has 1 aromatic carbocycles. The van der Waals surface area contributed by atoms with Crippen LogP contribution < -0.4 is 0 Å². The summed E-state index contributed by atoms with van der Waals surface area (Å²) in [4.78, 5) is 26.4. The fraction of sp³-hybridized carbons (Fsp3) is 0.600. The van der Waals surface area contributed by atoms with Crippen LogP contribution in [0.5, 0.6) is 0 Å². The van der Waals surface area contributed by atoms with Gasteiger partial charge in [-0.05, 0) is 45.1 Å². The maximum Gasteiger partial charge on any atom is 0.510 e. The van der Waals surface area contributed by atoms with Gasteiger partial charge in [-0.15, -0.1) is 0 Å². The Kier molecular flexibility index (Phi) is 5.39. The van der Waals surface area contributed by atoms with E-state index < -0.39 is 24.1 Å². The van der Waals surface area contributed by atoms with Crippen LogP contribution >= 0.6 is 0 Å². The fourth-order valence-corrected chi connectivity index (χ4v) is 3.78. The van der Waals surface area contributed by atoms with Crippen molar-refractivity contribution in [2.75, 3.05) is 0 Å². The number of hydrogen-bond acceptors (Lipinski definition) is 5. The number of amides is 1. The van der Waals surface area contributed by atoms with Gasteiger partial charge in [0.05, 0.1) is 0 Å². The van der Waals surface area contributed by atoms with E-state index in [0.29, 0.717) is 12.3 Å². The van der Waals surface area contributed by atoms with Gasteiger partial charge in [-0.1, -0.05) is 36.8 Å². The molecule has 0 bridgehead atoms. The Morgan fingerprint density at radius 3 is 2.58 bits per heavy atom. The van der Waals surface area contributed by atoms with Gasteiger partial charge in [-0.25, -0.2) is 9.59 Å². The maximum atomic E-state index is 12.6. The standard InChI is InChI=1S/C20H27NO5/c1-20(2,3)26-18(22)21-16-11-7-10-15(16)12-17(21)25-19(23)24-13-14-8-5-4-6-9-14/h4-6,8-9,15-17H,7,10-13H2,1-3H3/t15-,16-,17-/m0/s1. The van der Waals surface area contributed by atoms with Crippen LogP contribution in [0.15, 0.2) is 30.3 Å². The summed E-state index contributed by atoms with van der Waals surface area (Å²) in [6, 6.07) is 9.49. The Bertz CT molecular complexity index is 639. The van der Waals surface area contributed by atoms with E-state index in [1.54, 1.807) is 4.90 Å². The molecule has 1 aliphatic heterocycles. The predicted octanol–water partition coefficient (Wildman–Crippen LogP) is 4.48. The van der Waals surface area contributed by atoms with Crippen LogP contribution in [0.1, 0.15) is 52.0 Å². The first-order valence-electron chi connectivity index (χ1n) is 9.22. The number of carbonyl (C=O) groups is 2. The van der Waals surface area contributed by atoms with Gasteiger partial charge in [0.1, 0.15) is 12.2 Å². The summed E-state index contributed by atoms with van der Waals surface area (Å²) in [5.41, 5.74) is 0.295. The molecule has 2 aliphatic rings.